The Hall–Kier alpha value is -1.39. The summed E-state index contributed by atoms with van der Waals surface area (Å²) in [5, 5.41) is 9.37. The second-order valence-electron chi connectivity index (χ2n) is 3.43. The van der Waals surface area contributed by atoms with Crippen LogP contribution in [0.15, 0.2) is 30.7 Å². The van der Waals surface area contributed by atoms with E-state index in [1.807, 2.05) is 0 Å². The summed E-state index contributed by atoms with van der Waals surface area (Å²) in [6, 6.07) is 4.23. The fraction of sp³-hybridized carbons (Fsp3) is 0.182. The van der Waals surface area contributed by atoms with Gasteiger partial charge in [0.05, 0.1) is 25.2 Å². The first-order valence-electron chi connectivity index (χ1n) is 4.74. The Morgan fingerprint density at radius 3 is 2.94 bits per heavy atom. The van der Waals surface area contributed by atoms with E-state index in [1.165, 1.54) is 18.2 Å². The van der Waals surface area contributed by atoms with Crippen molar-refractivity contribution >= 4 is 11.6 Å². The normalized spacial score (nSPS) is 10.7. The molecule has 3 nitrogen and oxygen atoms in total. The lowest BCUT2D eigenvalue weighted by Gasteiger charge is -2.04. The van der Waals surface area contributed by atoms with Gasteiger partial charge in [0, 0.05) is 11.2 Å². The Morgan fingerprint density at radius 1 is 1.44 bits per heavy atom. The first-order chi connectivity index (χ1) is 7.69. The SMILES string of the molecule is OCc1cn(Cc2cc(F)ccc2Cl)cn1. The fourth-order valence-electron chi connectivity index (χ4n) is 1.44. The van der Waals surface area contributed by atoms with Crippen LogP contribution >= 0.6 is 11.6 Å². The molecule has 0 fully saturated rings. The van der Waals surface area contributed by atoms with Crippen LogP contribution in [0.5, 0.6) is 0 Å². The first-order valence-corrected chi connectivity index (χ1v) is 5.12. The van der Waals surface area contributed by atoms with Gasteiger partial charge in [-0.3, -0.25) is 0 Å². The summed E-state index contributed by atoms with van der Waals surface area (Å²) in [4.78, 5) is 3.96. The van der Waals surface area contributed by atoms with E-state index in [1.54, 1.807) is 17.1 Å². The summed E-state index contributed by atoms with van der Waals surface area (Å²) in [6.45, 7) is 0.327. The van der Waals surface area contributed by atoms with E-state index in [4.69, 9.17) is 16.7 Å². The molecule has 1 aromatic heterocycles. The van der Waals surface area contributed by atoms with E-state index in [9.17, 15) is 4.39 Å². The third kappa shape index (κ3) is 2.40. The zero-order chi connectivity index (χ0) is 11.5. The predicted octanol–water partition coefficient (Wildman–Crippen LogP) is 2.22. The lowest BCUT2D eigenvalue weighted by molar-refractivity contribution is 0.277. The third-order valence-corrected chi connectivity index (χ3v) is 2.58. The molecule has 2 aromatic rings. The molecule has 1 N–H and O–H groups in total. The largest absolute Gasteiger partial charge is 0.390 e. The molecular formula is C11H10ClFN2O. The second-order valence-corrected chi connectivity index (χ2v) is 3.84. The standard InChI is InChI=1S/C11H10ClFN2O/c12-11-2-1-9(13)3-8(11)4-15-5-10(6-16)14-7-15/h1-3,5,7,16H,4,6H2. The van der Waals surface area contributed by atoms with Gasteiger partial charge in [0.1, 0.15) is 5.82 Å². The second kappa shape index (κ2) is 4.63. The minimum absolute atomic E-state index is 0.107. The molecule has 0 saturated carbocycles. The minimum atomic E-state index is -0.318. The molecule has 0 aliphatic heterocycles. The number of nitrogens with zero attached hydrogens (tertiary/aromatic N) is 2. The van der Waals surface area contributed by atoms with Gasteiger partial charge in [-0.25, -0.2) is 9.37 Å². The number of hydrogen-bond donors (Lipinski definition) is 1. The topological polar surface area (TPSA) is 38.0 Å². The molecule has 1 aromatic carbocycles. The fourth-order valence-corrected chi connectivity index (χ4v) is 1.61. The monoisotopic (exact) mass is 240 g/mol. The lowest BCUT2D eigenvalue weighted by Crippen LogP contribution is -1.98. The summed E-state index contributed by atoms with van der Waals surface area (Å²) in [7, 11) is 0. The maximum Gasteiger partial charge on any atom is 0.123 e. The summed E-state index contributed by atoms with van der Waals surface area (Å²) >= 11 is 5.94. The Labute approximate surface area is 97.1 Å². The minimum Gasteiger partial charge on any atom is -0.390 e. The molecule has 0 unspecified atom stereocenters. The van der Waals surface area contributed by atoms with Gasteiger partial charge < -0.3 is 9.67 Å². The molecule has 0 bridgehead atoms. The van der Waals surface area contributed by atoms with E-state index >= 15 is 0 Å². The lowest BCUT2D eigenvalue weighted by atomic mass is 10.2. The van der Waals surface area contributed by atoms with Gasteiger partial charge in [-0.05, 0) is 23.8 Å². The van der Waals surface area contributed by atoms with Crippen molar-refractivity contribution in [2.75, 3.05) is 0 Å². The van der Waals surface area contributed by atoms with Crippen LogP contribution in [-0.4, -0.2) is 14.7 Å². The average molecular weight is 241 g/mol. The smallest absolute Gasteiger partial charge is 0.123 e. The van der Waals surface area contributed by atoms with Gasteiger partial charge in [-0.2, -0.15) is 0 Å². The third-order valence-electron chi connectivity index (χ3n) is 2.21. The van der Waals surface area contributed by atoms with Crippen molar-refractivity contribution in [3.63, 3.8) is 0 Å². The number of imidazole rings is 1. The Bertz CT molecular complexity index is 498. The van der Waals surface area contributed by atoms with E-state index in [0.29, 0.717) is 22.8 Å². The van der Waals surface area contributed by atoms with Crippen molar-refractivity contribution < 1.29 is 9.50 Å². The number of benzene rings is 1. The summed E-state index contributed by atoms with van der Waals surface area (Å²) in [6.07, 6.45) is 3.27. The molecule has 0 saturated heterocycles. The highest BCUT2D eigenvalue weighted by Crippen LogP contribution is 2.18. The summed E-state index contributed by atoms with van der Waals surface area (Å²) in [5.74, 6) is -0.318. The van der Waals surface area contributed by atoms with E-state index in [2.05, 4.69) is 4.98 Å². The van der Waals surface area contributed by atoms with Crippen LogP contribution in [0.25, 0.3) is 0 Å². The molecule has 0 atom stereocenters. The molecule has 0 radical (unpaired) electrons. The number of aromatic nitrogens is 2. The van der Waals surface area contributed by atoms with Gasteiger partial charge in [0.2, 0.25) is 0 Å². The van der Waals surface area contributed by atoms with E-state index < -0.39 is 0 Å². The molecule has 2 rings (SSSR count). The molecular weight excluding hydrogens is 231 g/mol. The molecule has 0 aliphatic rings. The van der Waals surface area contributed by atoms with Crippen molar-refractivity contribution in [1.29, 1.82) is 0 Å². The van der Waals surface area contributed by atoms with Crippen molar-refractivity contribution in [3.05, 3.63) is 52.8 Å². The van der Waals surface area contributed by atoms with E-state index in [-0.39, 0.29) is 12.4 Å². The van der Waals surface area contributed by atoms with Gasteiger partial charge >= 0.3 is 0 Å². The number of rotatable bonds is 3. The highest BCUT2D eigenvalue weighted by atomic mass is 35.5. The molecule has 16 heavy (non-hydrogen) atoms. The van der Waals surface area contributed by atoms with Crippen LogP contribution in [0.1, 0.15) is 11.3 Å². The molecule has 0 aliphatic carbocycles. The molecule has 84 valence electrons. The van der Waals surface area contributed by atoms with Crippen LogP contribution in [0.3, 0.4) is 0 Å². The summed E-state index contributed by atoms with van der Waals surface area (Å²) < 4.78 is 14.7. The number of hydrogen-bond acceptors (Lipinski definition) is 2. The summed E-state index contributed by atoms with van der Waals surface area (Å²) in [5.41, 5.74) is 1.26. The molecule has 5 heteroatoms. The first kappa shape index (κ1) is 11.1. The zero-order valence-electron chi connectivity index (χ0n) is 8.40. The highest BCUT2D eigenvalue weighted by Gasteiger charge is 2.04. The van der Waals surface area contributed by atoms with E-state index in [0.717, 1.165) is 0 Å². The van der Waals surface area contributed by atoms with Crippen LogP contribution in [0, 0.1) is 5.82 Å². The molecule has 1 heterocycles. The zero-order valence-corrected chi connectivity index (χ0v) is 9.15. The van der Waals surface area contributed by atoms with Crippen LogP contribution in [0.2, 0.25) is 5.02 Å². The maximum absolute atomic E-state index is 13.0. The van der Waals surface area contributed by atoms with Gasteiger partial charge in [0.15, 0.2) is 0 Å². The van der Waals surface area contributed by atoms with Crippen molar-refractivity contribution in [1.82, 2.24) is 9.55 Å². The Morgan fingerprint density at radius 2 is 2.25 bits per heavy atom. The number of halogens is 2. The predicted molar refractivity (Wildman–Crippen MR) is 58.7 cm³/mol. The Kier molecular flexibility index (Phi) is 3.22. The van der Waals surface area contributed by atoms with Crippen LogP contribution in [0.4, 0.5) is 4.39 Å². The quantitative estimate of drug-likeness (QED) is 0.893. The molecule has 0 spiro atoms. The van der Waals surface area contributed by atoms with Crippen LogP contribution < -0.4 is 0 Å². The van der Waals surface area contributed by atoms with Crippen molar-refractivity contribution in [2.24, 2.45) is 0 Å². The van der Waals surface area contributed by atoms with Crippen molar-refractivity contribution in [3.8, 4) is 0 Å². The van der Waals surface area contributed by atoms with Gasteiger partial charge in [-0.15, -0.1) is 0 Å². The average Bonchev–Trinajstić information content (AvgIpc) is 2.71. The van der Waals surface area contributed by atoms with Crippen LogP contribution in [-0.2, 0) is 13.2 Å². The van der Waals surface area contributed by atoms with Gasteiger partial charge in [-0.1, -0.05) is 11.6 Å². The number of aliphatic hydroxyl groups is 1. The van der Waals surface area contributed by atoms with Gasteiger partial charge in [0.25, 0.3) is 0 Å². The maximum atomic E-state index is 13.0. The molecule has 0 amide bonds. The Balaban J connectivity index is 2.22. The number of aliphatic hydroxyl groups excluding tert-OH is 1. The highest BCUT2D eigenvalue weighted by molar-refractivity contribution is 6.31. The van der Waals surface area contributed by atoms with Crippen molar-refractivity contribution in [2.45, 2.75) is 13.2 Å².